The summed E-state index contributed by atoms with van der Waals surface area (Å²) in [6.45, 7) is 3.53. The molecule has 8 heteroatoms. The normalized spacial score (nSPS) is 18.9. The van der Waals surface area contributed by atoms with E-state index < -0.39 is 0 Å². The van der Waals surface area contributed by atoms with Crippen LogP contribution in [0.15, 0.2) is 48.5 Å². The molecule has 3 aromatic rings. The van der Waals surface area contributed by atoms with Crippen LogP contribution in [0.2, 0.25) is 0 Å². The van der Waals surface area contributed by atoms with Crippen molar-refractivity contribution in [3.8, 4) is 5.75 Å². The lowest BCUT2D eigenvalue weighted by molar-refractivity contribution is 0.193. The molecule has 2 aliphatic rings. The molecule has 0 radical (unpaired) electrons. The highest BCUT2D eigenvalue weighted by molar-refractivity contribution is 5.49. The second kappa shape index (κ2) is 9.87. The van der Waals surface area contributed by atoms with Crippen molar-refractivity contribution in [2.45, 2.75) is 44.2 Å². The number of rotatable bonds is 6. The summed E-state index contributed by atoms with van der Waals surface area (Å²) in [6.07, 6.45) is 5.93. The van der Waals surface area contributed by atoms with E-state index in [-0.39, 0.29) is 11.9 Å². The summed E-state index contributed by atoms with van der Waals surface area (Å²) in [5.41, 5.74) is 2.22. The molecule has 33 heavy (non-hydrogen) atoms. The van der Waals surface area contributed by atoms with Crippen LogP contribution in [0.3, 0.4) is 0 Å². The fourth-order valence-electron chi connectivity index (χ4n) is 5.17. The summed E-state index contributed by atoms with van der Waals surface area (Å²) in [7, 11) is 1.68. The lowest BCUT2D eigenvalue weighted by atomic mass is 9.95. The molecule has 174 valence electrons. The van der Waals surface area contributed by atoms with E-state index in [1.807, 2.05) is 28.9 Å². The average molecular weight is 451 g/mol. The van der Waals surface area contributed by atoms with Crippen molar-refractivity contribution in [2.24, 2.45) is 0 Å². The molecule has 0 amide bonds. The smallest absolute Gasteiger partial charge is 0.173 e. The van der Waals surface area contributed by atoms with Crippen molar-refractivity contribution >= 4 is 5.69 Å². The fraction of sp³-hybridized carbons (Fsp3) is 0.480. The number of methoxy groups -OCH3 is 1. The Morgan fingerprint density at radius 2 is 1.61 bits per heavy atom. The maximum absolute atomic E-state index is 13.7. The van der Waals surface area contributed by atoms with Gasteiger partial charge in [0.2, 0.25) is 0 Å². The van der Waals surface area contributed by atoms with Crippen LogP contribution in [0.4, 0.5) is 10.1 Å². The van der Waals surface area contributed by atoms with Gasteiger partial charge in [-0.1, -0.05) is 31.4 Å². The molecule has 7 nitrogen and oxygen atoms in total. The number of aromatic nitrogens is 4. The van der Waals surface area contributed by atoms with Crippen LogP contribution in [0.5, 0.6) is 5.75 Å². The van der Waals surface area contributed by atoms with Crippen LogP contribution in [-0.2, 0) is 0 Å². The van der Waals surface area contributed by atoms with E-state index in [4.69, 9.17) is 4.74 Å². The first-order valence-corrected chi connectivity index (χ1v) is 11.9. The molecule has 5 rings (SSSR count). The Balaban J connectivity index is 1.39. The number of hydrogen-bond acceptors (Lipinski definition) is 6. The summed E-state index contributed by atoms with van der Waals surface area (Å²) in [4.78, 5) is 4.82. The summed E-state index contributed by atoms with van der Waals surface area (Å²) >= 11 is 0. The van der Waals surface area contributed by atoms with E-state index in [1.54, 1.807) is 7.11 Å². The van der Waals surface area contributed by atoms with E-state index in [0.717, 1.165) is 56.2 Å². The second-order valence-corrected chi connectivity index (χ2v) is 8.95. The molecule has 0 unspecified atom stereocenters. The van der Waals surface area contributed by atoms with Gasteiger partial charge in [0.05, 0.1) is 19.2 Å². The number of anilines is 1. The number of ether oxygens (including phenoxy) is 1. The van der Waals surface area contributed by atoms with Crippen molar-refractivity contribution in [2.75, 3.05) is 38.2 Å². The maximum atomic E-state index is 13.7. The van der Waals surface area contributed by atoms with Crippen molar-refractivity contribution in [3.05, 3.63) is 65.7 Å². The van der Waals surface area contributed by atoms with Gasteiger partial charge in [-0.05, 0) is 65.2 Å². The van der Waals surface area contributed by atoms with E-state index >= 15 is 0 Å². The molecule has 0 spiro atoms. The van der Waals surface area contributed by atoms with Gasteiger partial charge in [0, 0.05) is 31.9 Å². The van der Waals surface area contributed by atoms with Crippen LogP contribution < -0.4 is 9.64 Å². The van der Waals surface area contributed by atoms with Gasteiger partial charge in [0.1, 0.15) is 11.6 Å². The van der Waals surface area contributed by atoms with Gasteiger partial charge in [0.25, 0.3) is 0 Å². The molecule has 1 aliphatic carbocycles. The first kappa shape index (κ1) is 21.8. The predicted octanol–water partition coefficient (Wildman–Crippen LogP) is 4.24. The van der Waals surface area contributed by atoms with E-state index in [0.29, 0.717) is 6.04 Å². The Bertz CT molecular complexity index is 1020. The molecule has 2 aromatic carbocycles. The molecule has 1 aliphatic heterocycles. The summed E-state index contributed by atoms with van der Waals surface area (Å²) in [6, 6.07) is 15.3. The third-order valence-electron chi connectivity index (χ3n) is 6.99. The zero-order valence-corrected chi connectivity index (χ0v) is 19.1. The number of hydrogen-bond donors (Lipinski definition) is 0. The zero-order chi connectivity index (χ0) is 22.6. The molecule has 1 saturated carbocycles. The minimum Gasteiger partial charge on any atom is -0.497 e. The number of halogens is 1. The Hall–Kier alpha value is -3.00. The monoisotopic (exact) mass is 450 g/mol. The first-order valence-electron chi connectivity index (χ1n) is 11.9. The zero-order valence-electron chi connectivity index (χ0n) is 19.1. The fourth-order valence-corrected chi connectivity index (χ4v) is 5.17. The molecule has 2 heterocycles. The van der Waals surface area contributed by atoms with E-state index in [2.05, 4.69) is 37.5 Å². The summed E-state index contributed by atoms with van der Waals surface area (Å²) < 4.78 is 21.1. The van der Waals surface area contributed by atoms with Gasteiger partial charge in [-0.3, -0.25) is 4.90 Å². The third kappa shape index (κ3) is 4.71. The lowest BCUT2D eigenvalue weighted by Gasteiger charge is -2.40. The van der Waals surface area contributed by atoms with Crippen LogP contribution in [-0.4, -0.2) is 58.4 Å². The Kier molecular flexibility index (Phi) is 6.53. The van der Waals surface area contributed by atoms with Gasteiger partial charge >= 0.3 is 0 Å². The molecular formula is C25H31FN6O. The number of tetrazole rings is 1. The lowest BCUT2D eigenvalue weighted by Crippen LogP contribution is -2.48. The van der Waals surface area contributed by atoms with Gasteiger partial charge in [-0.25, -0.2) is 9.07 Å². The summed E-state index contributed by atoms with van der Waals surface area (Å²) in [5.74, 6) is 1.50. The molecular weight excluding hydrogens is 419 g/mol. The standard InChI is InChI=1S/C25H31FN6O/c1-33-23-13-11-21(12-14-23)30-15-17-31(18-16-30)24(19-7-9-20(26)10-8-19)25-27-28-29-32(25)22-5-3-2-4-6-22/h7-14,22,24H,2-6,15-18H2,1H3/t24-/m0/s1. The second-order valence-electron chi connectivity index (χ2n) is 8.95. The van der Waals surface area contributed by atoms with Crippen molar-refractivity contribution in [3.63, 3.8) is 0 Å². The molecule has 0 N–H and O–H groups in total. The highest BCUT2D eigenvalue weighted by atomic mass is 19.1. The van der Waals surface area contributed by atoms with Crippen LogP contribution >= 0.6 is 0 Å². The quantitative estimate of drug-likeness (QED) is 0.560. The Morgan fingerprint density at radius 1 is 0.909 bits per heavy atom. The molecule has 1 aromatic heterocycles. The van der Waals surface area contributed by atoms with Crippen LogP contribution in [0.1, 0.15) is 55.6 Å². The highest BCUT2D eigenvalue weighted by Gasteiger charge is 2.32. The van der Waals surface area contributed by atoms with Crippen molar-refractivity contribution in [1.82, 2.24) is 25.1 Å². The largest absolute Gasteiger partial charge is 0.497 e. The minimum absolute atomic E-state index is 0.0967. The first-order chi connectivity index (χ1) is 16.2. The maximum Gasteiger partial charge on any atom is 0.173 e. The van der Waals surface area contributed by atoms with Crippen LogP contribution in [0, 0.1) is 5.82 Å². The highest BCUT2D eigenvalue weighted by Crippen LogP contribution is 2.34. The van der Waals surface area contributed by atoms with Crippen molar-refractivity contribution < 1.29 is 9.13 Å². The van der Waals surface area contributed by atoms with Gasteiger partial charge in [-0.2, -0.15) is 0 Å². The summed E-state index contributed by atoms with van der Waals surface area (Å²) in [5, 5.41) is 13.0. The third-order valence-corrected chi connectivity index (χ3v) is 6.99. The van der Waals surface area contributed by atoms with Gasteiger partial charge in [0.15, 0.2) is 5.82 Å². The van der Waals surface area contributed by atoms with Crippen molar-refractivity contribution in [1.29, 1.82) is 0 Å². The molecule has 2 fully saturated rings. The Morgan fingerprint density at radius 3 is 2.27 bits per heavy atom. The minimum atomic E-state index is -0.228. The number of benzene rings is 2. The SMILES string of the molecule is COc1ccc(N2CCN([C@@H](c3ccc(F)cc3)c3nnnn3C3CCCCC3)CC2)cc1. The predicted molar refractivity (Wildman–Crippen MR) is 125 cm³/mol. The van der Waals surface area contributed by atoms with Crippen LogP contribution in [0.25, 0.3) is 0 Å². The molecule has 1 saturated heterocycles. The number of nitrogens with zero attached hydrogens (tertiary/aromatic N) is 6. The molecule has 1 atom stereocenters. The van der Waals surface area contributed by atoms with E-state index in [9.17, 15) is 4.39 Å². The van der Waals surface area contributed by atoms with Gasteiger partial charge < -0.3 is 9.64 Å². The van der Waals surface area contributed by atoms with E-state index in [1.165, 1.54) is 37.1 Å². The van der Waals surface area contributed by atoms with Gasteiger partial charge in [-0.15, -0.1) is 5.10 Å². The Labute approximate surface area is 194 Å². The topological polar surface area (TPSA) is 59.3 Å². The average Bonchev–Trinajstić information content (AvgIpc) is 3.36. The number of piperazine rings is 1. The molecule has 0 bridgehead atoms.